The van der Waals surface area contributed by atoms with Gasteiger partial charge in [0.1, 0.15) is 5.82 Å². The Morgan fingerprint density at radius 3 is 2.20 bits per heavy atom. The van der Waals surface area contributed by atoms with E-state index in [1.54, 1.807) is 30.3 Å². The highest BCUT2D eigenvalue weighted by molar-refractivity contribution is 7.89. The van der Waals surface area contributed by atoms with Gasteiger partial charge in [-0.3, -0.25) is 0 Å². The molecule has 0 amide bonds. The predicted octanol–water partition coefficient (Wildman–Crippen LogP) is 2.03. The molecular weight excluding hydrogens is 347 g/mol. The molecule has 0 radical (unpaired) electrons. The monoisotopic (exact) mass is 364 g/mol. The molecule has 3 rings (SSSR count). The number of hydrogen-bond acceptors (Lipinski definition) is 4. The summed E-state index contributed by atoms with van der Waals surface area (Å²) in [6.07, 6.45) is 0. The fourth-order valence-corrected chi connectivity index (χ4v) is 4.25. The molecule has 0 atom stereocenters. The van der Waals surface area contributed by atoms with Crippen molar-refractivity contribution in [1.82, 2.24) is 4.31 Å². The van der Waals surface area contributed by atoms with E-state index in [1.165, 1.54) is 22.5 Å². The molecule has 8 heteroatoms. The Balaban J connectivity index is 1.72. The molecule has 0 aromatic heterocycles. The lowest BCUT2D eigenvalue weighted by Gasteiger charge is -2.35. The molecule has 2 aromatic rings. The van der Waals surface area contributed by atoms with E-state index in [2.05, 4.69) is 0 Å². The maximum absolute atomic E-state index is 13.8. The molecule has 1 aliphatic heterocycles. The van der Waals surface area contributed by atoms with Gasteiger partial charge in [0.2, 0.25) is 10.0 Å². The molecule has 1 fully saturated rings. The second kappa shape index (κ2) is 6.81. The van der Waals surface area contributed by atoms with Gasteiger partial charge in [0.25, 0.3) is 0 Å². The minimum Gasteiger partial charge on any atom is -0.478 e. The molecule has 2 aromatic carbocycles. The van der Waals surface area contributed by atoms with Crippen LogP contribution in [0.15, 0.2) is 53.4 Å². The number of halogens is 1. The number of rotatable bonds is 4. The SMILES string of the molecule is O=C(O)c1ccc(N2CCN(S(=O)(=O)c3ccccc3)CC2)cc1F. The second-order valence-corrected chi connectivity index (χ2v) is 7.61. The van der Waals surface area contributed by atoms with Gasteiger partial charge in [0.15, 0.2) is 0 Å². The van der Waals surface area contributed by atoms with Crippen LogP contribution >= 0.6 is 0 Å². The van der Waals surface area contributed by atoms with Gasteiger partial charge >= 0.3 is 5.97 Å². The van der Waals surface area contributed by atoms with Crippen LogP contribution in [0.2, 0.25) is 0 Å². The Hall–Kier alpha value is -2.45. The molecule has 0 unspecified atom stereocenters. The number of carbonyl (C=O) groups is 1. The van der Waals surface area contributed by atoms with Crippen LogP contribution in [-0.2, 0) is 10.0 Å². The highest BCUT2D eigenvalue weighted by atomic mass is 32.2. The van der Waals surface area contributed by atoms with Crippen LogP contribution in [0.5, 0.6) is 0 Å². The highest BCUT2D eigenvalue weighted by Gasteiger charge is 2.28. The van der Waals surface area contributed by atoms with Crippen molar-refractivity contribution >= 4 is 21.7 Å². The lowest BCUT2D eigenvalue weighted by molar-refractivity contribution is 0.0692. The third-order valence-electron chi connectivity index (χ3n) is 4.17. The largest absolute Gasteiger partial charge is 0.478 e. The number of nitrogens with zero attached hydrogens (tertiary/aromatic N) is 2. The number of carboxylic acids is 1. The van der Waals surface area contributed by atoms with Crippen molar-refractivity contribution in [2.24, 2.45) is 0 Å². The predicted molar refractivity (Wildman–Crippen MR) is 90.8 cm³/mol. The quantitative estimate of drug-likeness (QED) is 0.898. The first-order chi connectivity index (χ1) is 11.9. The van der Waals surface area contributed by atoms with Crippen LogP contribution in [0, 0.1) is 5.82 Å². The van der Waals surface area contributed by atoms with Gasteiger partial charge in [-0.2, -0.15) is 4.31 Å². The summed E-state index contributed by atoms with van der Waals surface area (Å²) < 4.78 is 40.4. The van der Waals surface area contributed by atoms with Crippen molar-refractivity contribution in [2.45, 2.75) is 4.90 Å². The second-order valence-electron chi connectivity index (χ2n) is 5.67. The summed E-state index contributed by atoms with van der Waals surface area (Å²) in [5.74, 6) is -2.12. The molecule has 1 N–H and O–H groups in total. The summed E-state index contributed by atoms with van der Waals surface area (Å²) in [4.78, 5) is 13.0. The maximum Gasteiger partial charge on any atom is 0.338 e. The van der Waals surface area contributed by atoms with Crippen LogP contribution in [0.3, 0.4) is 0 Å². The number of piperazine rings is 1. The van der Waals surface area contributed by atoms with Gasteiger partial charge < -0.3 is 10.0 Å². The summed E-state index contributed by atoms with van der Waals surface area (Å²) in [7, 11) is -3.54. The smallest absolute Gasteiger partial charge is 0.338 e. The zero-order chi connectivity index (χ0) is 18.0. The summed E-state index contributed by atoms with van der Waals surface area (Å²) in [5.41, 5.74) is 0.160. The van der Waals surface area contributed by atoms with E-state index < -0.39 is 21.8 Å². The van der Waals surface area contributed by atoms with Crippen LogP contribution in [0.1, 0.15) is 10.4 Å². The Morgan fingerprint density at radius 2 is 1.64 bits per heavy atom. The van der Waals surface area contributed by atoms with E-state index >= 15 is 0 Å². The van der Waals surface area contributed by atoms with Crippen LogP contribution in [0.4, 0.5) is 10.1 Å². The number of aromatic carboxylic acids is 1. The topological polar surface area (TPSA) is 77.9 Å². The molecule has 1 heterocycles. The minimum atomic E-state index is -3.54. The van der Waals surface area contributed by atoms with E-state index in [1.807, 2.05) is 4.90 Å². The molecule has 6 nitrogen and oxygen atoms in total. The summed E-state index contributed by atoms with van der Waals surface area (Å²) >= 11 is 0. The van der Waals surface area contributed by atoms with Crippen molar-refractivity contribution < 1.29 is 22.7 Å². The first-order valence-corrected chi connectivity index (χ1v) is 9.16. The van der Waals surface area contributed by atoms with Crippen molar-refractivity contribution in [3.05, 3.63) is 59.9 Å². The molecule has 1 aliphatic rings. The Kier molecular flexibility index (Phi) is 4.73. The molecule has 1 saturated heterocycles. The summed E-state index contributed by atoms with van der Waals surface area (Å²) in [6.45, 7) is 1.36. The number of benzene rings is 2. The third-order valence-corrected chi connectivity index (χ3v) is 6.08. The van der Waals surface area contributed by atoms with Crippen molar-refractivity contribution in [3.63, 3.8) is 0 Å². The van der Waals surface area contributed by atoms with E-state index in [0.717, 1.165) is 0 Å². The third kappa shape index (κ3) is 3.49. The summed E-state index contributed by atoms with van der Waals surface area (Å²) in [5, 5.41) is 8.87. The van der Waals surface area contributed by atoms with E-state index in [0.29, 0.717) is 18.8 Å². The summed E-state index contributed by atoms with van der Waals surface area (Å²) in [6, 6.07) is 12.2. The maximum atomic E-state index is 13.8. The lowest BCUT2D eigenvalue weighted by atomic mass is 10.1. The normalized spacial score (nSPS) is 16.0. The Morgan fingerprint density at radius 1 is 1.00 bits per heavy atom. The molecule has 0 bridgehead atoms. The molecule has 132 valence electrons. The number of carboxylic acid groups (broad SMARTS) is 1. The molecule has 25 heavy (non-hydrogen) atoms. The molecule has 0 aliphatic carbocycles. The van der Waals surface area contributed by atoms with E-state index in [4.69, 9.17) is 5.11 Å². The molecular formula is C17H17FN2O4S. The standard InChI is InChI=1S/C17H17FN2O4S/c18-16-12-13(6-7-15(16)17(21)22)19-8-10-20(11-9-19)25(23,24)14-4-2-1-3-5-14/h1-7,12H,8-11H2,(H,21,22). The zero-order valence-corrected chi connectivity index (χ0v) is 14.1. The van der Waals surface area contributed by atoms with Crippen molar-refractivity contribution in [3.8, 4) is 0 Å². The van der Waals surface area contributed by atoms with Gasteiger partial charge in [-0.1, -0.05) is 18.2 Å². The first-order valence-electron chi connectivity index (χ1n) is 7.72. The van der Waals surface area contributed by atoms with Crippen LogP contribution in [-0.4, -0.2) is 50.0 Å². The van der Waals surface area contributed by atoms with Crippen LogP contribution < -0.4 is 4.90 Å². The van der Waals surface area contributed by atoms with Gasteiger partial charge in [-0.25, -0.2) is 17.6 Å². The Labute approximate surface area is 145 Å². The number of hydrogen-bond donors (Lipinski definition) is 1. The van der Waals surface area contributed by atoms with Gasteiger partial charge in [-0.05, 0) is 30.3 Å². The molecule has 0 saturated carbocycles. The van der Waals surface area contributed by atoms with E-state index in [9.17, 15) is 17.6 Å². The Bertz CT molecular complexity index is 879. The average molecular weight is 364 g/mol. The number of sulfonamides is 1. The highest BCUT2D eigenvalue weighted by Crippen LogP contribution is 2.23. The van der Waals surface area contributed by atoms with Gasteiger partial charge in [-0.15, -0.1) is 0 Å². The fourth-order valence-electron chi connectivity index (χ4n) is 2.80. The fraction of sp³-hybridized carbons (Fsp3) is 0.235. The lowest BCUT2D eigenvalue weighted by Crippen LogP contribution is -2.48. The van der Waals surface area contributed by atoms with Crippen LogP contribution in [0.25, 0.3) is 0 Å². The minimum absolute atomic E-state index is 0.250. The first kappa shape index (κ1) is 17.4. The van der Waals surface area contributed by atoms with E-state index in [-0.39, 0.29) is 23.5 Å². The van der Waals surface area contributed by atoms with Gasteiger partial charge in [0, 0.05) is 31.9 Å². The number of anilines is 1. The van der Waals surface area contributed by atoms with Crippen molar-refractivity contribution in [1.29, 1.82) is 0 Å². The molecule has 0 spiro atoms. The van der Waals surface area contributed by atoms with Crippen molar-refractivity contribution in [2.75, 3.05) is 31.1 Å². The van der Waals surface area contributed by atoms with Gasteiger partial charge in [0.05, 0.1) is 10.5 Å². The average Bonchev–Trinajstić information content (AvgIpc) is 2.62. The zero-order valence-electron chi connectivity index (χ0n) is 13.3.